The Balaban J connectivity index is 4.08. The van der Waals surface area contributed by atoms with Crippen molar-refractivity contribution in [2.45, 2.75) is 309 Å². The second-order valence-corrected chi connectivity index (χ2v) is 22.8. The van der Waals surface area contributed by atoms with E-state index in [1.54, 1.807) is 6.08 Å². The molecule has 9 heteroatoms. The third-order valence-electron chi connectivity index (χ3n) is 13.5. The summed E-state index contributed by atoms with van der Waals surface area (Å²) in [5.74, 6) is -0.170. The second-order valence-electron chi connectivity index (χ2n) is 21.4. The van der Waals surface area contributed by atoms with E-state index >= 15 is 0 Å². The van der Waals surface area contributed by atoms with E-state index in [4.69, 9.17) is 9.05 Å². The van der Waals surface area contributed by atoms with Gasteiger partial charge in [-0.15, -0.1) is 0 Å². The average Bonchev–Trinajstić information content (AvgIpc) is 3.28. The van der Waals surface area contributed by atoms with Crippen LogP contribution in [-0.4, -0.2) is 73.4 Å². The van der Waals surface area contributed by atoms with Crippen LogP contribution < -0.4 is 5.32 Å². The lowest BCUT2D eigenvalue weighted by Crippen LogP contribution is -2.45. The number of hydrogen-bond acceptors (Lipinski definition) is 5. The van der Waals surface area contributed by atoms with Gasteiger partial charge in [-0.05, 0) is 19.3 Å². The summed E-state index contributed by atoms with van der Waals surface area (Å²) in [4.78, 5) is 23.3. The number of allylic oxidation sites excluding steroid dienone is 1. The summed E-state index contributed by atoms with van der Waals surface area (Å²) >= 11 is 0. The molecule has 3 unspecified atom stereocenters. The number of aliphatic hydroxyl groups excluding tert-OH is 1. The van der Waals surface area contributed by atoms with Gasteiger partial charge in [0.1, 0.15) is 13.2 Å². The van der Waals surface area contributed by atoms with Gasteiger partial charge in [-0.25, -0.2) is 4.57 Å². The van der Waals surface area contributed by atoms with Gasteiger partial charge in [-0.2, -0.15) is 0 Å². The van der Waals surface area contributed by atoms with Crippen LogP contribution in [0.5, 0.6) is 0 Å². The molecule has 0 saturated carbocycles. The van der Waals surface area contributed by atoms with Crippen LogP contribution in [0, 0.1) is 0 Å². The van der Waals surface area contributed by atoms with E-state index < -0.39 is 20.0 Å². The Morgan fingerprint density at radius 3 is 1.12 bits per heavy atom. The summed E-state index contributed by atoms with van der Waals surface area (Å²) in [6.45, 7) is 4.86. The topological polar surface area (TPSA) is 105 Å². The highest BCUT2D eigenvalue weighted by atomic mass is 31.2. The van der Waals surface area contributed by atoms with Crippen molar-refractivity contribution in [3.8, 4) is 0 Å². The molecule has 0 aromatic carbocycles. The SMILES string of the molecule is CCCCCCCCCCCCCCCC/C=C/C(O)C(COP(=O)(O)OCC[N+](C)(C)C)NC(=O)CCCCCCCCCCCCCCCCCCCCCCCCCCCCCC. The van der Waals surface area contributed by atoms with Gasteiger partial charge < -0.3 is 19.8 Å². The van der Waals surface area contributed by atoms with Crippen molar-refractivity contribution in [2.75, 3.05) is 40.9 Å². The lowest BCUT2D eigenvalue weighted by molar-refractivity contribution is -0.870. The molecule has 66 heavy (non-hydrogen) atoms. The fourth-order valence-electron chi connectivity index (χ4n) is 8.93. The number of carbonyl (C=O) groups excluding carboxylic acids is 1. The minimum atomic E-state index is -4.34. The number of phosphoric acid groups is 1. The van der Waals surface area contributed by atoms with Crippen molar-refractivity contribution < 1.29 is 32.9 Å². The van der Waals surface area contributed by atoms with Crippen LogP contribution in [0.25, 0.3) is 0 Å². The lowest BCUT2D eigenvalue weighted by atomic mass is 10.0. The Hall–Kier alpha value is -0.760. The first-order valence-electron chi connectivity index (χ1n) is 29.1. The molecule has 3 N–H and O–H groups in total. The highest BCUT2D eigenvalue weighted by molar-refractivity contribution is 7.47. The number of unbranched alkanes of at least 4 members (excludes halogenated alkanes) is 41. The van der Waals surface area contributed by atoms with Gasteiger partial charge >= 0.3 is 7.82 Å². The molecule has 0 aromatic rings. The molecule has 0 fully saturated rings. The van der Waals surface area contributed by atoms with E-state index in [0.717, 1.165) is 32.1 Å². The molecule has 0 aliphatic carbocycles. The second kappa shape index (κ2) is 49.2. The monoisotopic (exact) mass is 956 g/mol. The van der Waals surface area contributed by atoms with Crippen LogP contribution in [0.2, 0.25) is 0 Å². The summed E-state index contributed by atoms with van der Waals surface area (Å²) in [5, 5.41) is 13.9. The Morgan fingerprint density at radius 2 is 0.803 bits per heavy atom. The third kappa shape index (κ3) is 51.1. The lowest BCUT2D eigenvalue weighted by Gasteiger charge is -2.25. The molecule has 8 nitrogen and oxygen atoms in total. The number of nitrogens with one attached hydrogen (secondary N) is 1. The van der Waals surface area contributed by atoms with Crippen molar-refractivity contribution in [2.24, 2.45) is 0 Å². The zero-order chi connectivity index (χ0) is 48.5. The Kier molecular flexibility index (Phi) is 48.7. The summed E-state index contributed by atoms with van der Waals surface area (Å²) in [6.07, 6.45) is 60.3. The van der Waals surface area contributed by atoms with Crippen LogP contribution in [-0.2, 0) is 18.4 Å². The summed E-state index contributed by atoms with van der Waals surface area (Å²) < 4.78 is 23.7. The Bertz CT molecular complexity index is 1080. The number of likely N-dealkylation sites (N-methyl/N-ethyl adjacent to an activating group) is 1. The molecule has 394 valence electrons. The van der Waals surface area contributed by atoms with Gasteiger partial charge in [0.25, 0.3) is 0 Å². The maximum Gasteiger partial charge on any atom is 0.472 e. The number of nitrogens with zero attached hydrogens (tertiary/aromatic N) is 1. The predicted molar refractivity (Wildman–Crippen MR) is 286 cm³/mol. The summed E-state index contributed by atoms with van der Waals surface area (Å²) in [7, 11) is 1.59. The molecule has 1 amide bonds. The van der Waals surface area contributed by atoms with E-state index in [2.05, 4.69) is 19.2 Å². The van der Waals surface area contributed by atoms with Crippen molar-refractivity contribution in [3.63, 3.8) is 0 Å². The fraction of sp³-hybridized carbons (Fsp3) is 0.947. The van der Waals surface area contributed by atoms with Gasteiger partial charge in [0.05, 0.1) is 39.9 Å². The van der Waals surface area contributed by atoms with Crippen molar-refractivity contribution in [3.05, 3.63) is 12.2 Å². The van der Waals surface area contributed by atoms with Crippen LogP contribution in [0.3, 0.4) is 0 Å². The van der Waals surface area contributed by atoms with Gasteiger partial charge in [0.15, 0.2) is 0 Å². The van der Waals surface area contributed by atoms with E-state index in [0.29, 0.717) is 17.4 Å². The number of hydrogen-bond donors (Lipinski definition) is 3. The van der Waals surface area contributed by atoms with Crippen molar-refractivity contribution in [1.82, 2.24) is 5.32 Å². The zero-order valence-electron chi connectivity index (χ0n) is 45.0. The zero-order valence-corrected chi connectivity index (χ0v) is 45.9. The molecule has 0 radical (unpaired) electrons. The maximum absolute atomic E-state index is 13.0. The number of carbonyl (C=O) groups is 1. The Labute approximate surface area is 412 Å². The molecule has 0 saturated heterocycles. The molecular weight excluding hydrogens is 840 g/mol. The Morgan fingerprint density at radius 1 is 0.500 bits per heavy atom. The molecule has 0 spiro atoms. The summed E-state index contributed by atoms with van der Waals surface area (Å²) in [6, 6.07) is -0.841. The number of phosphoric ester groups is 1. The summed E-state index contributed by atoms with van der Waals surface area (Å²) in [5.41, 5.74) is 0. The number of rotatable bonds is 54. The van der Waals surface area contributed by atoms with E-state index in [1.165, 1.54) is 244 Å². The minimum absolute atomic E-state index is 0.0651. The highest BCUT2D eigenvalue weighted by Crippen LogP contribution is 2.43. The van der Waals surface area contributed by atoms with Gasteiger partial charge in [-0.1, -0.05) is 283 Å². The quantitative estimate of drug-likeness (QED) is 0.0243. The average molecular weight is 957 g/mol. The standard InChI is InChI=1S/C57H115N2O6P/c1-6-8-10-12-14-16-18-20-22-24-25-26-27-28-29-30-31-32-33-34-35-37-39-41-43-45-47-49-51-57(61)58-55(54-65-66(62,63)64-53-52-59(3,4)5)56(60)50-48-46-44-42-40-38-36-23-21-19-17-15-13-11-9-7-2/h48,50,55-56,60H,6-47,49,51-54H2,1-5H3,(H-,58,61,62,63)/p+1/b50-48+. The molecule has 0 bridgehead atoms. The van der Waals surface area contributed by atoms with Crippen molar-refractivity contribution >= 4 is 13.7 Å². The molecule has 3 atom stereocenters. The van der Waals surface area contributed by atoms with Crippen molar-refractivity contribution in [1.29, 1.82) is 0 Å². The van der Waals surface area contributed by atoms with E-state index in [9.17, 15) is 19.4 Å². The first-order chi connectivity index (χ1) is 32.0. The van der Waals surface area contributed by atoms with Crippen LogP contribution in [0.15, 0.2) is 12.2 Å². The smallest absolute Gasteiger partial charge is 0.387 e. The third-order valence-corrected chi connectivity index (χ3v) is 14.5. The van der Waals surface area contributed by atoms with Gasteiger partial charge in [0.2, 0.25) is 5.91 Å². The van der Waals surface area contributed by atoms with E-state index in [-0.39, 0.29) is 19.1 Å². The predicted octanol–water partition coefficient (Wildman–Crippen LogP) is 17.4. The first kappa shape index (κ1) is 65.2. The van der Waals surface area contributed by atoms with E-state index in [1.807, 2.05) is 27.2 Å². The van der Waals surface area contributed by atoms with Crippen LogP contribution >= 0.6 is 7.82 Å². The number of quaternary nitrogens is 1. The fourth-order valence-corrected chi connectivity index (χ4v) is 9.66. The van der Waals surface area contributed by atoms with Gasteiger partial charge in [-0.3, -0.25) is 13.8 Å². The van der Waals surface area contributed by atoms with Crippen LogP contribution in [0.4, 0.5) is 0 Å². The normalized spacial score (nSPS) is 14.0. The molecule has 0 aliphatic heterocycles. The highest BCUT2D eigenvalue weighted by Gasteiger charge is 2.27. The maximum atomic E-state index is 13.0. The van der Waals surface area contributed by atoms with Gasteiger partial charge in [0, 0.05) is 6.42 Å². The molecule has 0 heterocycles. The van der Waals surface area contributed by atoms with Crippen LogP contribution in [0.1, 0.15) is 296 Å². The number of amides is 1. The minimum Gasteiger partial charge on any atom is -0.387 e. The molecule has 0 aromatic heterocycles. The largest absolute Gasteiger partial charge is 0.472 e. The molecule has 0 aliphatic rings. The number of aliphatic hydroxyl groups is 1. The first-order valence-corrected chi connectivity index (χ1v) is 30.6. The molecule has 0 rings (SSSR count). The molecular formula is C57H116N2O6P+.